The maximum Gasteiger partial charge on any atom is 0.451 e. The zero-order valence-electron chi connectivity index (χ0n) is 15.8. The van der Waals surface area contributed by atoms with Gasteiger partial charge in [0.1, 0.15) is 17.6 Å². The number of alkyl halides is 6. The van der Waals surface area contributed by atoms with Gasteiger partial charge in [0.05, 0.1) is 6.04 Å². The molecule has 0 bridgehead atoms. The lowest BCUT2D eigenvalue weighted by atomic mass is 9.99. The summed E-state index contributed by atoms with van der Waals surface area (Å²) >= 11 is 0. The highest BCUT2D eigenvalue weighted by Crippen LogP contribution is 2.29. The number of hydrogen-bond acceptors (Lipinski definition) is 5. The van der Waals surface area contributed by atoms with Crippen LogP contribution >= 0.6 is 0 Å². The Bertz CT molecular complexity index is 893. The second-order valence-corrected chi connectivity index (χ2v) is 7.09. The first-order valence-corrected chi connectivity index (χ1v) is 9.15. The average Bonchev–Trinajstić information content (AvgIpc) is 3.04. The highest BCUT2D eigenvalue weighted by molar-refractivity contribution is 5.84. The van der Waals surface area contributed by atoms with Crippen LogP contribution in [0.4, 0.5) is 26.3 Å². The largest absolute Gasteiger partial charge is 0.451 e. The maximum atomic E-state index is 13.6. The van der Waals surface area contributed by atoms with Crippen molar-refractivity contribution in [3.8, 4) is 11.1 Å². The first-order valence-electron chi connectivity index (χ1n) is 9.15. The van der Waals surface area contributed by atoms with Crippen molar-refractivity contribution in [3.63, 3.8) is 0 Å². The lowest BCUT2D eigenvalue weighted by Gasteiger charge is -2.13. The number of nitrogens with zero attached hydrogens (tertiary/aromatic N) is 3. The van der Waals surface area contributed by atoms with E-state index in [-0.39, 0.29) is 41.7 Å². The van der Waals surface area contributed by atoms with E-state index in [0.717, 1.165) is 18.6 Å². The molecule has 1 saturated heterocycles. The number of aromatic nitrogens is 3. The van der Waals surface area contributed by atoms with Gasteiger partial charge in [0.2, 0.25) is 5.82 Å². The van der Waals surface area contributed by atoms with Crippen LogP contribution in [0.25, 0.3) is 11.1 Å². The lowest BCUT2D eigenvalue weighted by Crippen LogP contribution is -2.35. The summed E-state index contributed by atoms with van der Waals surface area (Å²) in [4.78, 5) is 22.5. The van der Waals surface area contributed by atoms with E-state index in [9.17, 15) is 31.1 Å². The van der Waals surface area contributed by atoms with E-state index in [0.29, 0.717) is 0 Å². The van der Waals surface area contributed by atoms with Gasteiger partial charge in [-0.2, -0.15) is 13.2 Å². The molecule has 11 heteroatoms. The average molecular weight is 432 g/mol. The fraction of sp³-hybridized carbons (Fsp3) is 0.474. The highest BCUT2D eigenvalue weighted by Gasteiger charge is 2.35. The summed E-state index contributed by atoms with van der Waals surface area (Å²) < 4.78 is 78.0. The first-order chi connectivity index (χ1) is 14.1. The van der Waals surface area contributed by atoms with Gasteiger partial charge in [-0.1, -0.05) is 0 Å². The minimum atomic E-state index is -4.70. The molecule has 0 saturated carbocycles. The zero-order valence-corrected chi connectivity index (χ0v) is 15.8. The maximum absolute atomic E-state index is 13.6. The normalized spacial score (nSPS) is 21.9. The van der Waals surface area contributed by atoms with Crippen LogP contribution in [0.1, 0.15) is 43.3 Å². The number of rotatable bonds is 6. The minimum Gasteiger partial charge on any atom is -0.302 e. The number of carbonyl (C=O) groups excluding carboxylic acids is 1. The SMILES string of the molecule is C[C@@H]1N[C@H](C(=O)CCc2cc(-c3cnc(C(F)(F)F)nc3)cnc2C(F)F)C[C@H]1F. The fourth-order valence-corrected chi connectivity index (χ4v) is 3.27. The Morgan fingerprint density at radius 1 is 1.17 bits per heavy atom. The number of hydrogen-bond donors (Lipinski definition) is 1. The predicted octanol–water partition coefficient (Wildman–Crippen LogP) is 4.09. The van der Waals surface area contributed by atoms with Gasteiger partial charge in [-0.05, 0) is 25.0 Å². The Kier molecular flexibility index (Phi) is 6.39. The lowest BCUT2D eigenvalue weighted by molar-refractivity contribution is -0.145. The third-order valence-corrected chi connectivity index (χ3v) is 4.94. The molecule has 1 N–H and O–H groups in total. The van der Waals surface area contributed by atoms with Gasteiger partial charge in [0.25, 0.3) is 6.43 Å². The van der Waals surface area contributed by atoms with Crippen LogP contribution in [0.5, 0.6) is 0 Å². The summed E-state index contributed by atoms with van der Waals surface area (Å²) in [5, 5.41) is 2.83. The monoisotopic (exact) mass is 432 g/mol. The molecule has 2 aromatic rings. The van der Waals surface area contributed by atoms with Crippen LogP contribution < -0.4 is 5.32 Å². The van der Waals surface area contributed by atoms with Gasteiger partial charge < -0.3 is 5.32 Å². The van der Waals surface area contributed by atoms with Crippen molar-refractivity contribution >= 4 is 5.78 Å². The van der Waals surface area contributed by atoms with E-state index in [2.05, 4.69) is 20.3 Å². The number of carbonyl (C=O) groups is 1. The molecule has 0 spiro atoms. The zero-order chi connectivity index (χ0) is 22.1. The van der Waals surface area contributed by atoms with Crippen molar-refractivity contribution < 1.29 is 31.1 Å². The topological polar surface area (TPSA) is 67.8 Å². The van der Waals surface area contributed by atoms with Crippen molar-refractivity contribution in [2.75, 3.05) is 0 Å². The van der Waals surface area contributed by atoms with E-state index in [1.807, 2.05) is 0 Å². The number of pyridine rings is 1. The van der Waals surface area contributed by atoms with Crippen LogP contribution in [-0.2, 0) is 17.4 Å². The molecule has 1 aliphatic heterocycles. The van der Waals surface area contributed by atoms with Crippen molar-refractivity contribution in [1.82, 2.24) is 20.3 Å². The highest BCUT2D eigenvalue weighted by atomic mass is 19.4. The van der Waals surface area contributed by atoms with Gasteiger partial charge >= 0.3 is 6.18 Å². The standard InChI is InChI=1S/C19H18F6N4O/c1-9-13(20)5-14(29-9)15(30)3-2-10-4-11(6-26-16(10)17(21)22)12-7-27-18(28-8-12)19(23,24)25/h4,6-9,13-14,17,29H,2-3,5H2,1H3/t9-,13+,14-/m0/s1. The Hall–Kier alpha value is -2.56. The van der Waals surface area contributed by atoms with Crippen molar-refractivity contribution in [2.45, 2.75) is 57.0 Å². The molecule has 3 heterocycles. The third-order valence-electron chi connectivity index (χ3n) is 4.94. The number of Topliss-reactive ketones (excluding diaryl/α,β-unsaturated/α-hetero) is 1. The van der Waals surface area contributed by atoms with Gasteiger partial charge in [-0.15, -0.1) is 0 Å². The van der Waals surface area contributed by atoms with E-state index >= 15 is 0 Å². The Morgan fingerprint density at radius 2 is 1.80 bits per heavy atom. The van der Waals surface area contributed by atoms with Gasteiger partial charge in [0, 0.05) is 48.6 Å². The van der Waals surface area contributed by atoms with E-state index in [1.165, 1.54) is 6.07 Å². The summed E-state index contributed by atoms with van der Waals surface area (Å²) in [6, 6.07) is 0.195. The van der Waals surface area contributed by atoms with E-state index < -0.39 is 42.4 Å². The molecule has 3 rings (SSSR count). The summed E-state index contributed by atoms with van der Waals surface area (Å²) in [6.07, 6.45) is -5.95. The van der Waals surface area contributed by atoms with Gasteiger partial charge in [0.15, 0.2) is 0 Å². The molecule has 3 atom stereocenters. The molecule has 0 unspecified atom stereocenters. The van der Waals surface area contributed by atoms with Crippen LogP contribution in [0.15, 0.2) is 24.7 Å². The predicted molar refractivity (Wildman–Crippen MR) is 94.4 cm³/mol. The number of halogens is 6. The number of nitrogens with one attached hydrogen (secondary N) is 1. The third kappa shape index (κ3) is 4.94. The Balaban J connectivity index is 1.79. The number of aryl methyl sites for hydroxylation is 1. The molecule has 1 fully saturated rings. The van der Waals surface area contributed by atoms with Crippen molar-refractivity contribution in [1.29, 1.82) is 0 Å². The molecule has 0 radical (unpaired) electrons. The number of ketones is 1. The summed E-state index contributed by atoms with van der Waals surface area (Å²) in [6.45, 7) is 1.62. The molecule has 5 nitrogen and oxygen atoms in total. The molecular formula is C19H18F6N4O. The van der Waals surface area contributed by atoms with Crippen LogP contribution in [0.3, 0.4) is 0 Å². The molecule has 30 heavy (non-hydrogen) atoms. The van der Waals surface area contributed by atoms with Crippen LogP contribution in [0, 0.1) is 0 Å². The Labute approximate surface area is 167 Å². The van der Waals surface area contributed by atoms with E-state index in [1.54, 1.807) is 6.92 Å². The first kappa shape index (κ1) is 22.1. The smallest absolute Gasteiger partial charge is 0.302 e. The second kappa shape index (κ2) is 8.66. The second-order valence-electron chi connectivity index (χ2n) is 7.09. The van der Waals surface area contributed by atoms with Gasteiger partial charge in [-0.25, -0.2) is 23.1 Å². The molecule has 0 aromatic carbocycles. The summed E-state index contributed by atoms with van der Waals surface area (Å²) in [7, 11) is 0. The minimum absolute atomic E-state index is 0.0306. The fourth-order valence-electron chi connectivity index (χ4n) is 3.27. The van der Waals surface area contributed by atoms with Crippen LogP contribution in [-0.4, -0.2) is 39.0 Å². The molecular weight excluding hydrogens is 414 g/mol. The molecule has 0 aliphatic carbocycles. The van der Waals surface area contributed by atoms with Gasteiger partial charge in [-0.3, -0.25) is 9.78 Å². The summed E-state index contributed by atoms with van der Waals surface area (Å²) in [5.74, 6) is -1.62. The summed E-state index contributed by atoms with van der Waals surface area (Å²) in [5.41, 5.74) is -0.0310. The quantitative estimate of drug-likeness (QED) is 0.697. The van der Waals surface area contributed by atoms with E-state index in [4.69, 9.17) is 0 Å². The van der Waals surface area contributed by atoms with Crippen molar-refractivity contribution in [3.05, 3.63) is 41.7 Å². The Morgan fingerprint density at radius 3 is 2.33 bits per heavy atom. The molecule has 162 valence electrons. The molecule has 0 amide bonds. The van der Waals surface area contributed by atoms with Crippen LogP contribution in [0.2, 0.25) is 0 Å². The van der Waals surface area contributed by atoms with Crippen molar-refractivity contribution in [2.24, 2.45) is 0 Å². The molecule has 2 aromatic heterocycles. The molecule has 1 aliphatic rings.